The zero-order valence-corrected chi connectivity index (χ0v) is 15.2. The summed E-state index contributed by atoms with van der Waals surface area (Å²) in [5.74, 6) is 0.726. The number of aryl methyl sites for hydroxylation is 2. The van der Waals surface area contributed by atoms with Crippen LogP contribution in [-0.4, -0.2) is 37.6 Å². The molecule has 1 aliphatic rings. The van der Waals surface area contributed by atoms with E-state index in [-0.39, 0.29) is 23.9 Å². The summed E-state index contributed by atoms with van der Waals surface area (Å²) in [5, 5.41) is 19.1. The van der Waals surface area contributed by atoms with Crippen molar-refractivity contribution >= 4 is 11.0 Å². The van der Waals surface area contributed by atoms with Crippen molar-refractivity contribution in [3.63, 3.8) is 0 Å². The summed E-state index contributed by atoms with van der Waals surface area (Å²) in [5.41, 5.74) is 2.85. The normalized spacial score (nSPS) is 19.7. The van der Waals surface area contributed by atoms with Crippen LogP contribution in [0.3, 0.4) is 0 Å². The van der Waals surface area contributed by atoms with E-state index in [1.807, 2.05) is 13.0 Å². The number of hydrogen-bond acceptors (Lipinski definition) is 6. The second-order valence-electron chi connectivity index (χ2n) is 6.78. The molecule has 1 aliphatic heterocycles. The molecule has 7 heteroatoms. The Hall–Kier alpha value is -2.64. The molecule has 3 heterocycles. The first-order valence-corrected chi connectivity index (χ1v) is 9.17. The van der Waals surface area contributed by atoms with Crippen molar-refractivity contribution in [3.05, 3.63) is 48.0 Å². The fourth-order valence-corrected chi connectivity index (χ4v) is 3.54. The molecule has 142 valence electrons. The standard InChI is InChI=1S/C20H23N3O4/c1-13-22-15-12-21-8-7-16(15)23(13)9-2-10-26-20-6-5-19(27-20)14-3-4-17(24)18(25)11-14/h3-4,7-8,11-12,19-20,24-25H,2,5-6,9-10H2,1H3. The van der Waals surface area contributed by atoms with E-state index in [4.69, 9.17) is 9.47 Å². The highest BCUT2D eigenvalue weighted by molar-refractivity contribution is 5.74. The van der Waals surface area contributed by atoms with Crippen LogP contribution in [0.4, 0.5) is 0 Å². The van der Waals surface area contributed by atoms with E-state index < -0.39 is 0 Å². The Morgan fingerprint density at radius 3 is 2.96 bits per heavy atom. The smallest absolute Gasteiger partial charge is 0.158 e. The number of aromatic nitrogens is 3. The predicted octanol–water partition coefficient (Wildman–Crippen LogP) is 3.44. The summed E-state index contributed by atoms with van der Waals surface area (Å²) >= 11 is 0. The van der Waals surface area contributed by atoms with Crippen molar-refractivity contribution in [2.75, 3.05) is 6.61 Å². The van der Waals surface area contributed by atoms with Gasteiger partial charge in [-0.15, -0.1) is 0 Å². The molecule has 27 heavy (non-hydrogen) atoms. The highest BCUT2D eigenvalue weighted by Crippen LogP contribution is 2.36. The number of fused-ring (bicyclic) bond motifs is 1. The highest BCUT2D eigenvalue weighted by Gasteiger charge is 2.27. The fraction of sp³-hybridized carbons (Fsp3) is 0.400. The van der Waals surface area contributed by atoms with Gasteiger partial charge in [-0.1, -0.05) is 6.07 Å². The Labute approximate surface area is 157 Å². The monoisotopic (exact) mass is 369 g/mol. The lowest BCUT2D eigenvalue weighted by Crippen LogP contribution is -2.14. The van der Waals surface area contributed by atoms with Crippen LogP contribution in [0.5, 0.6) is 11.5 Å². The Morgan fingerprint density at radius 1 is 1.22 bits per heavy atom. The van der Waals surface area contributed by atoms with E-state index >= 15 is 0 Å². The molecule has 2 N–H and O–H groups in total. The number of imidazole rings is 1. The predicted molar refractivity (Wildman–Crippen MR) is 99.5 cm³/mol. The van der Waals surface area contributed by atoms with E-state index in [9.17, 15) is 10.2 Å². The van der Waals surface area contributed by atoms with Gasteiger partial charge in [0, 0.05) is 19.2 Å². The van der Waals surface area contributed by atoms with Gasteiger partial charge in [0.25, 0.3) is 0 Å². The molecule has 0 radical (unpaired) electrons. The quantitative estimate of drug-likeness (QED) is 0.511. The second kappa shape index (κ2) is 7.54. The van der Waals surface area contributed by atoms with Gasteiger partial charge in [0.2, 0.25) is 0 Å². The third-order valence-corrected chi connectivity index (χ3v) is 4.92. The minimum atomic E-state index is -0.240. The van der Waals surface area contributed by atoms with Crippen molar-refractivity contribution in [2.24, 2.45) is 0 Å². The molecule has 1 saturated heterocycles. The minimum absolute atomic E-state index is 0.117. The number of benzene rings is 1. The van der Waals surface area contributed by atoms with E-state index in [2.05, 4.69) is 14.5 Å². The SMILES string of the molecule is Cc1nc2cnccc2n1CCCOC1CCC(c2ccc(O)c(O)c2)O1. The number of pyridine rings is 1. The molecule has 2 unspecified atom stereocenters. The molecule has 4 rings (SSSR count). The van der Waals surface area contributed by atoms with Gasteiger partial charge in [0.15, 0.2) is 17.8 Å². The number of nitrogens with zero attached hydrogens (tertiary/aromatic N) is 3. The Morgan fingerprint density at radius 2 is 2.11 bits per heavy atom. The second-order valence-corrected chi connectivity index (χ2v) is 6.78. The zero-order chi connectivity index (χ0) is 18.8. The number of ether oxygens (including phenoxy) is 2. The molecule has 1 aromatic carbocycles. The molecule has 3 aromatic rings. The van der Waals surface area contributed by atoms with Gasteiger partial charge in [0.05, 0.1) is 24.4 Å². The molecule has 0 spiro atoms. The molecule has 2 aromatic heterocycles. The van der Waals surface area contributed by atoms with Crippen LogP contribution >= 0.6 is 0 Å². The lowest BCUT2D eigenvalue weighted by molar-refractivity contribution is -0.135. The molecule has 1 fully saturated rings. The van der Waals surface area contributed by atoms with E-state index in [1.54, 1.807) is 24.5 Å². The molecular weight excluding hydrogens is 346 g/mol. The van der Waals surface area contributed by atoms with Gasteiger partial charge in [-0.05, 0) is 43.5 Å². The van der Waals surface area contributed by atoms with Gasteiger partial charge in [-0.25, -0.2) is 4.98 Å². The molecule has 7 nitrogen and oxygen atoms in total. The van der Waals surface area contributed by atoms with Crippen molar-refractivity contribution in [1.29, 1.82) is 0 Å². The van der Waals surface area contributed by atoms with E-state index in [0.29, 0.717) is 6.61 Å². The van der Waals surface area contributed by atoms with Crippen molar-refractivity contribution in [3.8, 4) is 11.5 Å². The van der Waals surface area contributed by atoms with Gasteiger partial charge in [-0.2, -0.15) is 0 Å². The number of hydrogen-bond donors (Lipinski definition) is 2. The maximum atomic E-state index is 9.64. The Balaban J connectivity index is 1.27. The van der Waals surface area contributed by atoms with Crippen molar-refractivity contribution < 1.29 is 19.7 Å². The molecule has 2 atom stereocenters. The summed E-state index contributed by atoms with van der Waals surface area (Å²) in [6.07, 6.45) is 5.70. The summed E-state index contributed by atoms with van der Waals surface area (Å²) in [7, 11) is 0. The molecular formula is C20H23N3O4. The van der Waals surface area contributed by atoms with Gasteiger partial charge < -0.3 is 24.3 Å². The topological polar surface area (TPSA) is 89.6 Å². The lowest BCUT2D eigenvalue weighted by atomic mass is 10.1. The molecule has 0 saturated carbocycles. The number of phenols is 2. The van der Waals surface area contributed by atoms with Crippen LogP contribution in [0.25, 0.3) is 11.0 Å². The summed E-state index contributed by atoms with van der Waals surface area (Å²) in [6, 6.07) is 6.78. The molecule has 0 bridgehead atoms. The summed E-state index contributed by atoms with van der Waals surface area (Å²) < 4.78 is 14.0. The fourth-order valence-electron chi connectivity index (χ4n) is 3.54. The maximum absolute atomic E-state index is 9.64. The van der Waals surface area contributed by atoms with Gasteiger partial charge in [0.1, 0.15) is 11.3 Å². The van der Waals surface area contributed by atoms with Crippen LogP contribution in [0.2, 0.25) is 0 Å². The van der Waals surface area contributed by atoms with Crippen LogP contribution in [0, 0.1) is 6.92 Å². The molecule has 0 amide bonds. The van der Waals surface area contributed by atoms with Crippen LogP contribution in [0.1, 0.15) is 36.8 Å². The average Bonchev–Trinajstić information content (AvgIpc) is 3.25. The first-order chi connectivity index (χ1) is 13.1. The minimum Gasteiger partial charge on any atom is -0.504 e. The average molecular weight is 369 g/mol. The first kappa shape index (κ1) is 17.8. The van der Waals surface area contributed by atoms with E-state index in [1.165, 1.54) is 6.07 Å². The van der Waals surface area contributed by atoms with Crippen LogP contribution < -0.4 is 0 Å². The van der Waals surface area contributed by atoms with Gasteiger partial charge >= 0.3 is 0 Å². The maximum Gasteiger partial charge on any atom is 0.158 e. The zero-order valence-electron chi connectivity index (χ0n) is 15.2. The largest absolute Gasteiger partial charge is 0.504 e. The third kappa shape index (κ3) is 3.74. The summed E-state index contributed by atoms with van der Waals surface area (Å²) in [4.78, 5) is 8.63. The summed E-state index contributed by atoms with van der Waals surface area (Å²) in [6.45, 7) is 3.43. The number of rotatable bonds is 6. The van der Waals surface area contributed by atoms with Crippen molar-refractivity contribution in [2.45, 2.75) is 45.1 Å². The number of phenolic OH excluding ortho intramolecular Hbond substituents is 2. The highest BCUT2D eigenvalue weighted by atomic mass is 16.7. The van der Waals surface area contributed by atoms with Crippen LogP contribution in [-0.2, 0) is 16.0 Å². The Kier molecular flexibility index (Phi) is 4.96. The Bertz CT molecular complexity index is 940. The van der Waals surface area contributed by atoms with Crippen LogP contribution in [0.15, 0.2) is 36.7 Å². The van der Waals surface area contributed by atoms with Gasteiger partial charge in [-0.3, -0.25) is 4.98 Å². The van der Waals surface area contributed by atoms with Crippen molar-refractivity contribution in [1.82, 2.24) is 14.5 Å². The third-order valence-electron chi connectivity index (χ3n) is 4.92. The first-order valence-electron chi connectivity index (χ1n) is 9.17. The van der Waals surface area contributed by atoms with E-state index in [0.717, 1.165) is 48.2 Å². The molecule has 0 aliphatic carbocycles. The number of aromatic hydroxyl groups is 2. The lowest BCUT2D eigenvalue weighted by Gasteiger charge is -2.15.